The Kier molecular flexibility index (Phi) is 3.18. The summed E-state index contributed by atoms with van der Waals surface area (Å²) in [5.41, 5.74) is 11.3. The zero-order valence-corrected chi connectivity index (χ0v) is 10.7. The molecule has 0 bridgehead atoms. The molecular weight excluding hydrogens is 210 g/mol. The second-order valence-electron chi connectivity index (χ2n) is 4.57. The molecule has 0 aliphatic heterocycles. The topological polar surface area (TPSA) is 43.8 Å². The zero-order valence-electron chi connectivity index (χ0n) is 10.7. The van der Waals surface area contributed by atoms with Crippen molar-refractivity contribution in [1.29, 1.82) is 0 Å². The van der Waals surface area contributed by atoms with Crippen molar-refractivity contribution in [1.82, 2.24) is 9.78 Å². The summed E-state index contributed by atoms with van der Waals surface area (Å²) in [5, 5.41) is 4.54. The minimum Gasteiger partial charge on any atom is -0.396 e. The van der Waals surface area contributed by atoms with Gasteiger partial charge in [0.25, 0.3) is 0 Å². The minimum absolute atomic E-state index is 0.753. The molecule has 0 spiro atoms. The van der Waals surface area contributed by atoms with Gasteiger partial charge >= 0.3 is 0 Å². The Morgan fingerprint density at radius 1 is 1.18 bits per heavy atom. The van der Waals surface area contributed by atoms with Crippen molar-refractivity contribution in [3.05, 3.63) is 35.5 Å². The highest BCUT2D eigenvalue weighted by atomic mass is 15.3. The van der Waals surface area contributed by atoms with Gasteiger partial charge in [-0.1, -0.05) is 24.1 Å². The highest BCUT2D eigenvalue weighted by molar-refractivity contribution is 5.72. The van der Waals surface area contributed by atoms with Gasteiger partial charge in [-0.2, -0.15) is 5.10 Å². The summed E-state index contributed by atoms with van der Waals surface area (Å²) in [6.07, 6.45) is 2.98. The van der Waals surface area contributed by atoms with Crippen LogP contribution in [0.2, 0.25) is 0 Å². The van der Waals surface area contributed by atoms with Gasteiger partial charge in [0.2, 0.25) is 0 Å². The first-order valence-electron chi connectivity index (χ1n) is 6.01. The first kappa shape index (κ1) is 11.7. The Hall–Kier alpha value is -1.77. The molecule has 90 valence electrons. The molecule has 0 amide bonds. The lowest BCUT2D eigenvalue weighted by Gasteiger charge is -2.03. The average molecular weight is 229 g/mol. The fraction of sp³-hybridized carbons (Fsp3) is 0.357. The van der Waals surface area contributed by atoms with Crippen LogP contribution < -0.4 is 5.73 Å². The molecule has 3 heteroatoms. The standard InChI is InChI=1S/C14H19N3/c1-4-5-17-9-13(15)14(16-17)12-7-10(2)6-11(3)8-12/h6-9H,4-5,15H2,1-3H3. The van der Waals surface area contributed by atoms with Gasteiger partial charge in [0.1, 0.15) is 5.69 Å². The van der Waals surface area contributed by atoms with Crippen LogP contribution >= 0.6 is 0 Å². The molecule has 1 aromatic heterocycles. The number of anilines is 1. The molecule has 0 saturated heterocycles. The Labute approximate surface area is 102 Å². The lowest BCUT2D eigenvalue weighted by Crippen LogP contribution is -1.96. The lowest BCUT2D eigenvalue weighted by molar-refractivity contribution is 0.605. The Balaban J connectivity index is 2.44. The van der Waals surface area contributed by atoms with E-state index in [0.717, 1.165) is 29.9 Å². The van der Waals surface area contributed by atoms with E-state index in [2.05, 4.69) is 44.1 Å². The predicted molar refractivity (Wildman–Crippen MR) is 71.8 cm³/mol. The predicted octanol–water partition coefficient (Wildman–Crippen LogP) is 3.16. The number of benzene rings is 1. The van der Waals surface area contributed by atoms with Gasteiger partial charge in [0.05, 0.1) is 5.69 Å². The molecule has 2 rings (SSSR count). The van der Waals surface area contributed by atoms with Crippen LogP contribution in [0.4, 0.5) is 5.69 Å². The van der Waals surface area contributed by atoms with E-state index in [1.807, 2.05) is 10.9 Å². The molecule has 0 atom stereocenters. The van der Waals surface area contributed by atoms with Crippen LogP contribution in [0.5, 0.6) is 0 Å². The molecule has 0 unspecified atom stereocenters. The van der Waals surface area contributed by atoms with E-state index in [0.29, 0.717) is 0 Å². The van der Waals surface area contributed by atoms with Gasteiger partial charge in [-0.15, -0.1) is 0 Å². The first-order valence-corrected chi connectivity index (χ1v) is 6.01. The van der Waals surface area contributed by atoms with Gasteiger partial charge in [-0.3, -0.25) is 4.68 Å². The van der Waals surface area contributed by atoms with E-state index in [9.17, 15) is 0 Å². The molecule has 0 aliphatic rings. The smallest absolute Gasteiger partial charge is 0.115 e. The number of hydrogen-bond donors (Lipinski definition) is 1. The van der Waals surface area contributed by atoms with Crippen LogP contribution in [0.3, 0.4) is 0 Å². The second kappa shape index (κ2) is 4.62. The van der Waals surface area contributed by atoms with Gasteiger partial charge in [-0.25, -0.2) is 0 Å². The van der Waals surface area contributed by atoms with Crippen LogP contribution in [-0.2, 0) is 6.54 Å². The summed E-state index contributed by atoms with van der Waals surface area (Å²) in [4.78, 5) is 0. The van der Waals surface area contributed by atoms with Crippen LogP contribution in [0.25, 0.3) is 11.3 Å². The lowest BCUT2D eigenvalue weighted by atomic mass is 10.0. The van der Waals surface area contributed by atoms with E-state index >= 15 is 0 Å². The third kappa shape index (κ3) is 2.49. The maximum absolute atomic E-state index is 6.02. The van der Waals surface area contributed by atoms with Gasteiger partial charge in [0.15, 0.2) is 0 Å². The number of nitrogens with two attached hydrogens (primary N) is 1. The van der Waals surface area contributed by atoms with E-state index in [-0.39, 0.29) is 0 Å². The van der Waals surface area contributed by atoms with Crippen LogP contribution in [0, 0.1) is 13.8 Å². The SMILES string of the molecule is CCCn1cc(N)c(-c2cc(C)cc(C)c2)n1. The molecular formula is C14H19N3. The molecule has 0 aliphatic carbocycles. The van der Waals surface area contributed by atoms with Crippen molar-refractivity contribution < 1.29 is 0 Å². The monoisotopic (exact) mass is 229 g/mol. The van der Waals surface area contributed by atoms with Gasteiger partial charge in [-0.05, 0) is 32.4 Å². The summed E-state index contributed by atoms with van der Waals surface area (Å²) < 4.78 is 1.92. The fourth-order valence-electron chi connectivity index (χ4n) is 2.12. The number of rotatable bonds is 3. The van der Waals surface area contributed by atoms with Crippen molar-refractivity contribution >= 4 is 5.69 Å². The minimum atomic E-state index is 0.753. The highest BCUT2D eigenvalue weighted by Crippen LogP contribution is 2.26. The summed E-state index contributed by atoms with van der Waals surface area (Å²) in [6.45, 7) is 7.23. The van der Waals surface area contributed by atoms with Crippen LogP contribution in [-0.4, -0.2) is 9.78 Å². The summed E-state index contributed by atoms with van der Waals surface area (Å²) in [5.74, 6) is 0. The quantitative estimate of drug-likeness (QED) is 0.878. The zero-order chi connectivity index (χ0) is 12.4. The maximum atomic E-state index is 6.02. The number of aromatic nitrogens is 2. The van der Waals surface area contributed by atoms with Crippen molar-refractivity contribution in [2.24, 2.45) is 0 Å². The molecule has 0 fully saturated rings. The van der Waals surface area contributed by atoms with Crippen LogP contribution in [0.15, 0.2) is 24.4 Å². The number of hydrogen-bond acceptors (Lipinski definition) is 2. The summed E-state index contributed by atoms with van der Waals surface area (Å²) in [7, 11) is 0. The Morgan fingerprint density at radius 3 is 2.41 bits per heavy atom. The molecule has 0 radical (unpaired) electrons. The van der Waals surface area contributed by atoms with Gasteiger partial charge < -0.3 is 5.73 Å². The number of aryl methyl sites for hydroxylation is 3. The molecule has 0 saturated carbocycles. The first-order chi connectivity index (χ1) is 8.10. The largest absolute Gasteiger partial charge is 0.396 e. The third-order valence-electron chi connectivity index (χ3n) is 2.74. The number of nitrogen functional groups attached to an aromatic ring is 1. The average Bonchev–Trinajstić information content (AvgIpc) is 2.58. The highest BCUT2D eigenvalue weighted by Gasteiger charge is 2.09. The molecule has 2 N–H and O–H groups in total. The van der Waals surface area contributed by atoms with Crippen molar-refractivity contribution in [3.8, 4) is 11.3 Å². The Morgan fingerprint density at radius 2 is 1.82 bits per heavy atom. The molecule has 2 aromatic rings. The van der Waals surface area contributed by atoms with E-state index in [1.165, 1.54) is 11.1 Å². The summed E-state index contributed by atoms with van der Waals surface area (Å²) in [6, 6.07) is 6.41. The molecule has 1 aromatic carbocycles. The van der Waals surface area contributed by atoms with Crippen molar-refractivity contribution in [2.75, 3.05) is 5.73 Å². The normalized spacial score (nSPS) is 10.8. The van der Waals surface area contributed by atoms with E-state index in [4.69, 9.17) is 5.73 Å². The maximum Gasteiger partial charge on any atom is 0.115 e. The number of nitrogens with zero attached hydrogens (tertiary/aromatic N) is 2. The fourth-order valence-corrected chi connectivity index (χ4v) is 2.12. The molecule has 3 nitrogen and oxygen atoms in total. The van der Waals surface area contributed by atoms with Gasteiger partial charge in [0, 0.05) is 18.3 Å². The van der Waals surface area contributed by atoms with Crippen molar-refractivity contribution in [3.63, 3.8) is 0 Å². The molecule has 17 heavy (non-hydrogen) atoms. The molecule has 1 heterocycles. The summed E-state index contributed by atoms with van der Waals surface area (Å²) >= 11 is 0. The van der Waals surface area contributed by atoms with Crippen LogP contribution in [0.1, 0.15) is 24.5 Å². The van der Waals surface area contributed by atoms with Crippen molar-refractivity contribution in [2.45, 2.75) is 33.7 Å². The van der Waals surface area contributed by atoms with E-state index < -0.39 is 0 Å². The third-order valence-corrected chi connectivity index (χ3v) is 2.74. The van der Waals surface area contributed by atoms with E-state index in [1.54, 1.807) is 0 Å². The second-order valence-corrected chi connectivity index (χ2v) is 4.57. The Bertz CT molecular complexity index is 506.